The molecule has 1 amide bonds. The molecule has 0 atom stereocenters. The van der Waals surface area contributed by atoms with Gasteiger partial charge in [-0.25, -0.2) is 14.8 Å². The molecule has 0 saturated carbocycles. The van der Waals surface area contributed by atoms with Crippen LogP contribution in [0.1, 0.15) is 25.0 Å². The fourth-order valence-corrected chi connectivity index (χ4v) is 1.95. The fourth-order valence-electron chi connectivity index (χ4n) is 1.28. The van der Waals surface area contributed by atoms with Gasteiger partial charge in [-0.05, 0) is 19.1 Å². The second-order valence-electron chi connectivity index (χ2n) is 3.43. The lowest BCUT2D eigenvalue weighted by molar-refractivity contribution is 0.0696. The van der Waals surface area contributed by atoms with E-state index < -0.39 is 5.97 Å². The molecule has 0 aliphatic heterocycles. The predicted octanol–water partition coefficient (Wildman–Crippen LogP) is 1.80. The molecule has 0 aromatic carbocycles. The van der Waals surface area contributed by atoms with Crippen molar-refractivity contribution < 1.29 is 14.7 Å². The van der Waals surface area contributed by atoms with Crippen molar-refractivity contribution in [3.8, 4) is 0 Å². The summed E-state index contributed by atoms with van der Waals surface area (Å²) in [5.74, 6) is -1.22. The number of rotatable bonds is 3. The van der Waals surface area contributed by atoms with E-state index in [0.29, 0.717) is 4.88 Å². The number of aryl methyl sites for hydroxylation is 1. The minimum atomic E-state index is -1.07. The fraction of sp³-hybridized carbons (Fsp3) is 0.0909. The molecular formula is C11H9N3O3S. The van der Waals surface area contributed by atoms with Gasteiger partial charge in [0.2, 0.25) is 0 Å². The number of anilines is 1. The summed E-state index contributed by atoms with van der Waals surface area (Å²) in [6, 6.07) is 2.66. The molecule has 0 aliphatic rings. The van der Waals surface area contributed by atoms with Gasteiger partial charge in [-0.1, -0.05) is 0 Å². The van der Waals surface area contributed by atoms with Gasteiger partial charge in [0.05, 0.1) is 16.8 Å². The Kier molecular flexibility index (Phi) is 3.33. The standard InChI is InChI=1S/C11H9N3O3S/c1-6-13-5-8(18-6)10(15)14-9-4-7(11(16)17)2-3-12-9/h2-5H,1H3,(H,16,17)(H,12,14,15). The van der Waals surface area contributed by atoms with Crippen LogP contribution in [-0.4, -0.2) is 27.0 Å². The average Bonchev–Trinajstić information content (AvgIpc) is 2.76. The third-order valence-corrected chi connectivity index (χ3v) is 3.01. The largest absolute Gasteiger partial charge is 0.478 e. The maximum atomic E-state index is 11.8. The molecule has 2 heterocycles. The topological polar surface area (TPSA) is 92.2 Å². The lowest BCUT2D eigenvalue weighted by atomic mass is 10.2. The maximum Gasteiger partial charge on any atom is 0.335 e. The Hall–Kier alpha value is -2.28. The van der Waals surface area contributed by atoms with Crippen LogP contribution in [0.15, 0.2) is 24.5 Å². The molecule has 2 aromatic heterocycles. The van der Waals surface area contributed by atoms with E-state index in [4.69, 9.17) is 5.11 Å². The third kappa shape index (κ3) is 2.69. The number of carbonyl (C=O) groups excluding carboxylic acids is 1. The van der Waals surface area contributed by atoms with E-state index in [-0.39, 0.29) is 17.3 Å². The van der Waals surface area contributed by atoms with E-state index in [1.807, 2.05) is 0 Å². The van der Waals surface area contributed by atoms with Gasteiger partial charge in [0.25, 0.3) is 5.91 Å². The number of carboxylic acids is 1. The summed E-state index contributed by atoms with van der Waals surface area (Å²) in [4.78, 5) is 30.8. The van der Waals surface area contributed by atoms with Crippen LogP contribution in [0, 0.1) is 6.92 Å². The molecule has 0 bridgehead atoms. The molecular weight excluding hydrogens is 254 g/mol. The van der Waals surface area contributed by atoms with Gasteiger partial charge in [0, 0.05) is 6.20 Å². The molecule has 2 aromatic rings. The number of carboxylic acid groups (broad SMARTS) is 1. The molecule has 2 N–H and O–H groups in total. The highest BCUT2D eigenvalue weighted by atomic mass is 32.1. The number of hydrogen-bond acceptors (Lipinski definition) is 5. The highest BCUT2D eigenvalue weighted by Gasteiger charge is 2.11. The second kappa shape index (κ2) is 4.92. The van der Waals surface area contributed by atoms with E-state index in [1.54, 1.807) is 6.92 Å². The first-order valence-electron chi connectivity index (χ1n) is 4.99. The van der Waals surface area contributed by atoms with Crippen LogP contribution in [0.5, 0.6) is 0 Å². The van der Waals surface area contributed by atoms with Gasteiger partial charge in [-0.3, -0.25) is 4.79 Å². The quantitative estimate of drug-likeness (QED) is 0.880. The number of amides is 1. The van der Waals surface area contributed by atoms with E-state index >= 15 is 0 Å². The SMILES string of the molecule is Cc1ncc(C(=O)Nc2cc(C(=O)O)ccn2)s1. The highest BCUT2D eigenvalue weighted by molar-refractivity contribution is 7.13. The van der Waals surface area contributed by atoms with Crippen LogP contribution in [0.4, 0.5) is 5.82 Å². The number of nitrogens with zero attached hydrogens (tertiary/aromatic N) is 2. The Labute approximate surface area is 106 Å². The van der Waals surface area contributed by atoms with Crippen LogP contribution in [0.25, 0.3) is 0 Å². The van der Waals surface area contributed by atoms with Gasteiger partial charge in [-0.15, -0.1) is 11.3 Å². The molecule has 18 heavy (non-hydrogen) atoms. The Balaban J connectivity index is 2.16. The summed E-state index contributed by atoms with van der Waals surface area (Å²) < 4.78 is 0. The van der Waals surface area contributed by atoms with Gasteiger partial charge in [0.15, 0.2) is 0 Å². The van der Waals surface area contributed by atoms with E-state index in [2.05, 4.69) is 15.3 Å². The molecule has 6 nitrogen and oxygen atoms in total. The predicted molar refractivity (Wildman–Crippen MR) is 66.0 cm³/mol. The lowest BCUT2D eigenvalue weighted by Gasteiger charge is -2.02. The van der Waals surface area contributed by atoms with Gasteiger partial charge >= 0.3 is 5.97 Å². The van der Waals surface area contributed by atoms with Gasteiger partial charge in [0.1, 0.15) is 10.7 Å². The van der Waals surface area contributed by atoms with Crippen LogP contribution < -0.4 is 5.32 Å². The number of carbonyl (C=O) groups is 2. The third-order valence-electron chi connectivity index (χ3n) is 2.09. The Morgan fingerprint density at radius 3 is 2.78 bits per heavy atom. The zero-order valence-electron chi connectivity index (χ0n) is 9.38. The molecule has 7 heteroatoms. The average molecular weight is 263 g/mol. The van der Waals surface area contributed by atoms with E-state index in [9.17, 15) is 9.59 Å². The van der Waals surface area contributed by atoms with Gasteiger partial charge in [-0.2, -0.15) is 0 Å². The maximum absolute atomic E-state index is 11.8. The first kappa shape index (κ1) is 12.2. The molecule has 0 spiro atoms. The minimum Gasteiger partial charge on any atom is -0.478 e. The van der Waals surface area contributed by atoms with Crippen molar-refractivity contribution in [1.29, 1.82) is 0 Å². The molecule has 0 aliphatic carbocycles. The van der Waals surface area contributed by atoms with Crippen LogP contribution in [0.3, 0.4) is 0 Å². The Morgan fingerprint density at radius 1 is 1.39 bits per heavy atom. The molecule has 0 saturated heterocycles. The zero-order valence-corrected chi connectivity index (χ0v) is 10.2. The first-order valence-corrected chi connectivity index (χ1v) is 5.81. The summed E-state index contributed by atoms with van der Waals surface area (Å²) in [5, 5.41) is 12.1. The normalized spacial score (nSPS) is 10.1. The summed E-state index contributed by atoms with van der Waals surface area (Å²) in [7, 11) is 0. The van der Waals surface area contributed by atoms with Crippen molar-refractivity contribution in [2.45, 2.75) is 6.92 Å². The first-order chi connectivity index (χ1) is 8.56. The number of pyridine rings is 1. The number of thiazole rings is 1. The molecule has 2 rings (SSSR count). The minimum absolute atomic E-state index is 0.0702. The molecule has 0 unspecified atom stereocenters. The van der Waals surface area contributed by atoms with E-state index in [0.717, 1.165) is 5.01 Å². The zero-order chi connectivity index (χ0) is 13.1. The Bertz CT molecular complexity index is 609. The van der Waals surface area contributed by atoms with Crippen molar-refractivity contribution in [2.75, 3.05) is 5.32 Å². The Morgan fingerprint density at radius 2 is 2.17 bits per heavy atom. The van der Waals surface area contributed by atoms with Crippen molar-refractivity contribution in [3.63, 3.8) is 0 Å². The van der Waals surface area contributed by atoms with E-state index in [1.165, 1.54) is 35.9 Å². The number of nitrogens with one attached hydrogen (secondary N) is 1. The van der Waals surface area contributed by atoms with Crippen molar-refractivity contribution in [3.05, 3.63) is 40.0 Å². The lowest BCUT2D eigenvalue weighted by Crippen LogP contribution is -2.12. The summed E-state index contributed by atoms with van der Waals surface area (Å²) in [6.07, 6.45) is 2.80. The smallest absolute Gasteiger partial charge is 0.335 e. The van der Waals surface area contributed by atoms with Crippen molar-refractivity contribution >= 4 is 29.0 Å². The van der Waals surface area contributed by atoms with Crippen molar-refractivity contribution in [2.24, 2.45) is 0 Å². The van der Waals surface area contributed by atoms with Crippen molar-refractivity contribution in [1.82, 2.24) is 9.97 Å². The highest BCUT2D eigenvalue weighted by Crippen LogP contribution is 2.14. The second-order valence-corrected chi connectivity index (χ2v) is 4.67. The molecule has 0 fully saturated rings. The number of hydrogen-bond donors (Lipinski definition) is 2. The number of aromatic carboxylic acids is 1. The van der Waals surface area contributed by atoms with Gasteiger partial charge < -0.3 is 10.4 Å². The van der Waals surface area contributed by atoms with Crippen LogP contribution in [-0.2, 0) is 0 Å². The number of aromatic nitrogens is 2. The van der Waals surface area contributed by atoms with Crippen LogP contribution >= 0.6 is 11.3 Å². The van der Waals surface area contributed by atoms with Crippen LogP contribution in [0.2, 0.25) is 0 Å². The monoisotopic (exact) mass is 263 g/mol. The molecule has 0 radical (unpaired) electrons. The summed E-state index contributed by atoms with van der Waals surface area (Å²) in [6.45, 7) is 1.80. The molecule has 92 valence electrons. The summed E-state index contributed by atoms with van der Waals surface area (Å²) >= 11 is 1.26. The summed E-state index contributed by atoms with van der Waals surface area (Å²) in [5.41, 5.74) is 0.0702.